The molecule has 0 atom stereocenters. The maximum atomic E-state index is 11.8. The average Bonchev–Trinajstić information content (AvgIpc) is 2.20. The zero-order valence-corrected chi connectivity index (χ0v) is 8.75. The summed E-state index contributed by atoms with van der Waals surface area (Å²) < 4.78 is 11.8. The van der Waals surface area contributed by atoms with Crippen LogP contribution in [0.5, 0.6) is 5.75 Å². The molecule has 0 aromatic heterocycles. The van der Waals surface area contributed by atoms with Crippen LogP contribution in [0.25, 0.3) is 0 Å². The van der Waals surface area contributed by atoms with Crippen molar-refractivity contribution < 1.29 is 14.3 Å². The van der Waals surface area contributed by atoms with Crippen LogP contribution in [0.1, 0.15) is 21.5 Å². The van der Waals surface area contributed by atoms with Crippen LogP contribution < -0.4 is 0 Å². The second-order valence-corrected chi connectivity index (χ2v) is 3.37. The van der Waals surface area contributed by atoms with Crippen molar-refractivity contribution in [3.05, 3.63) is 41.0 Å². The third-order valence-electron chi connectivity index (χ3n) is 2.24. The van der Waals surface area contributed by atoms with Crippen LogP contribution in [0, 0.1) is 13.8 Å². The number of ketones is 1. The molecule has 0 saturated carbocycles. The summed E-state index contributed by atoms with van der Waals surface area (Å²) in [6, 6.07) is 3.14. The molecule has 2 nitrogen and oxygen atoms in total. The van der Waals surface area contributed by atoms with Crippen molar-refractivity contribution in [2.75, 3.05) is 6.67 Å². The van der Waals surface area contributed by atoms with Crippen molar-refractivity contribution >= 4 is 5.78 Å². The van der Waals surface area contributed by atoms with E-state index >= 15 is 0 Å². The Balaban J connectivity index is 3.09. The lowest BCUT2D eigenvalue weighted by Crippen LogP contribution is -1.97. The van der Waals surface area contributed by atoms with Crippen LogP contribution in [-0.4, -0.2) is 17.6 Å². The van der Waals surface area contributed by atoms with Gasteiger partial charge in [-0.25, -0.2) is 4.39 Å². The third-order valence-corrected chi connectivity index (χ3v) is 2.24. The van der Waals surface area contributed by atoms with Crippen LogP contribution in [0.2, 0.25) is 0 Å². The van der Waals surface area contributed by atoms with Crippen molar-refractivity contribution in [1.29, 1.82) is 0 Å². The number of carbonyl (C=O) groups is 1. The maximum Gasteiger partial charge on any atom is 0.189 e. The van der Waals surface area contributed by atoms with Crippen molar-refractivity contribution in [1.82, 2.24) is 0 Å². The molecule has 0 spiro atoms. The van der Waals surface area contributed by atoms with Gasteiger partial charge in [-0.15, -0.1) is 0 Å². The highest BCUT2D eigenvalue weighted by atomic mass is 19.1. The zero-order chi connectivity index (χ0) is 11.4. The van der Waals surface area contributed by atoms with Crippen LogP contribution >= 0.6 is 0 Å². The molecule has 80 valence electrons. The number of benzene rings is 1. The molecule has 0 saturated heterocycles. The van der Waals surface area contributed by atoms with Gasteiger partial charge < -0.3 is 5.11 Å². The standard InChI is InChI=1S/C12H13FO2/c1-8-6-10(11(14)4-3-5-13)12(15)7-9(8)2/h3-4,6-7,15H,5H2,1-2H3/b4-3+. The Hall–Kier alpha value is -1.64. The summed E-state index contributed by atoms with van der Waals surface area (Å²) in [5, 5.41) is 9.54. The highest BCUT2D eigenvalue weighted by molar-refractivity contribution is 6.06. The van der Waals surface area contributed by atoms with Gasteiger partial charge in [0.2, 0.25) is 0 Å². The first kappa shape index (κ1) is 11.4. The molecule has 0 fully saturated rings. The van der Waals surface area contributed by atoms with Gasteiger partial charge in [-0.3, -0.25) is 4.79 Å². The summed E-state index contributed by atoms with van der Waals surface area (Å²) in [7, 11) is 0. The Morgan fingerprint density at radius 3 is 2.60 bits per heavy atom. The Morgan fingerprint density at radius 1 is 1.40 bits per heavy atom. The van der Waals surface area contributed by atoms with Crippen LogP contribution in [-0.2, 0) is 0 Å². The SMILES string of the molecule is Cc1cc(O)c(C(=O)/C=C/CF)cc1C. The number of alkyl halides is 1. The number of hydrogen-bond donors (Lipinski definition) is 1. The smallest absolute Gasteiger partial charge is 0.189 e. The lowest BCUT2D eigenvalue weighted by molar-refractivity contribution is 0.104. The highest BCUT2D eigenvalue weighted by Gasteiger charge is 2.09. The van der Waals surface area contributed by atoms with Crippen LogP contribution in [0.4, 0.5) is 4.39 Å². The minimum atomic E-state index is -0.683. The van der Waals surface area contributed by atoms with E-state index < -0.39 is 6.67 Å². The molecular formula is C12H13FO2. The molecule has 1 rings (SSSR count). The van der Waals surface area contributed by atoms with E-state index in [1.807, 2.05) is 13.8 Å². The molecule has 1 N–H and O–H groups in total. The molecule has 15 heavy (non-hydrogen) atoms. The van der Waals surface area contributed by atoms with E-state index in [2.05, 4.69) is 0 Å². The quantitative estimate of drug-likeness (QED) is 0.612. The van der Waals surface area contributed by atoms with Crippen molar-refractivity contribution in [3.8, 4) is 5.75 Å². The fourth-order valence-corrected chi connectivity index (χ4v) is 1.24. The number of aryl methyl sites for hydroxylation is 2. The molecule has 0 unspecified atom stereocenters. The number of halogens is 1. The van der Waals surface area contributed by atoms with Gasteiger partial charge in [-0.1, -0.05) is 0 Å². The number of hydrogen-bond acceptors (Lipinski definition) is 2. The lowest BCUT2D eigenvalue weighted by Gasteiger charge is -2.05. The molecule has 0 amide bonds. The monoisotopic (exact) mass is 208 g/mol. The largest absolute Gasteiger partial charge is 0.507 e. The zero-order valence-electron chi connectivity index (χ0n) is 8.75. The molecule has 3 heteroatoms. The molecule has 1 aromatic carbocycles. The highest BCUT2D eigenvalue weighted by Crippen LogP contribution is 2.22. The Bertz CT molecular complexity index is 408. The van der Waals surface area contributed by atoms with Crippen molar-refractivity contribution in [2.24, 2.45) is 0 Å². The fraction of sp³-hybridized carbons (Fsp3) is 0.250. The Kier molecular flexibility index (Phi) is 3.61. The molecular weight excluding hydrogens is 195 g/mol. The van der Waals surface area contributed by atoms with Gasteiger partial charge in [0.1, 0.15) is 12.4 Å². The van der Waals surface area contributed by atoms with Crippen LogP contribution in [0.3, 0.4) is 0 Å². The molecule has 0 aliphatic rings. The van der Waals surface area contributed by atoms with Gasteiger partial charge in [0.15, 0.2) is 5.78 Å². The first-order chi connectivity index (χ1) is 7.06. The van der Waals surface area contributed by atoms with E-state index in [0.717, 1.165) is 23.3 Å². The first-order valence-corrected chi connectivity index (χ1v) is 4.63. The molecule has 0 aliphatic carbocycles. The van der Waals surface area contributed by atoms with E-state index in [-0.39, 0.29) is 17.1 Å². The number of aromatic hydroxyl groups is 1. The van der Waals surface area contributed by atoms with Crippen LogP contribution in [0.15, 0.2) is 24.3 Å². The minimum absolute atomic E-state index is 0.0633. The molecule has 0 radical (unpaired) electrons. The number of phenolic OH excluding ortho intramolecular Hbond substituents is 1. The average molecular weight is 208 g/mol. The summed E-state index contributed by atoms with van der Waals surface area (Å²) in [6.07, 6.45) is 2.25. The van der Waals surface area contributed by atoms with E-state index in [0.29, 0.717) is 0 Å². The Morgan fingerprint density at radius 2 is 2.00 bits per heavy atom. The minimum Gasteiger partial charge on any atom is -0.507 e. The topological polar surface area (TPSA) is 37.3 Å². The van der Waals surface area contributed by atoms with E-state index in [1.165, 1.54) is 6.07 Å². The summed E-state index contributed by atoms with van der Waals surface area (Å²) in [4.78, 5) is 11.5. The Labute approximate surface area is 88.1 Å². The molecule has 0 bridgehead atoms. The summed E-state index contributed by atoms with van der Waals surface area (Å²) in [5.41, 5.74) is 2.05. The number of rotatable bonds is 3. The lowest BCUT2D eigenvalue weighted by atomic mass is 10.0. The first-order valence-electron chi connectivity index (χ1n) is 4.63. The number of allylic oxidation sites excluding steroid dienone is 2. The van der Waals surface area contributed by atoms with Crippen molar-refractivity contribution in [3.63, 3.8) is 0 Å². The van der Waals surface area contributed by atoms with Gasteiger partial charge >= 0.3 is 0 Å². The molecule has 0 aliphatic heterocycles. The summed E-state index contributed by atoms with van der Waals surface area (Å²) in [5.74, 6) is -0.445. The number of carbonyl (C=O) groups excluding carboxylic acids is 1. The number of phenols is 1. The fourth-order valence-electron chi connectivity index (χ4n) is 1.24. The van der Waals surface area contributed by atoms with Gasteiger partial charge in [-0.05, 0) is 49.3 Å². The predicted molar refractivity (Wildman–Crippen MR) is 57.0 cm³/mol. The van der Waals surface area contributed by atoms with Gasteiger partial charge in [0.25, 0.3) is 0 Å². The summed E-state index contributed by atoms with van der Waals surface area (Å²) >= 11 is 0. The van der Waals surface area contributed by atoms with Gasteiger partial charge in [0.05, 0.1) is 5.56 Å². The summed E-state index contributed by atoms with van der Waals surface area (Å²) in [6.45, 7) is 3.02. The second kappa shape index (κ2) is 4.73. The van der Waals surface area contributed by atoms with Crippen molar-refractivity contribution in [2.45, 2.75) is 13.8 Å². The van der Waals surface area contributed by atoms with E-state index in [1.54, 1.807) is 6.07 Å². The molecule has 1 aromatic rings. The van der Waals surface area contributed by atoms with E-state index in [4.69, 9.17) is 0 Å². The second-order valence-electron chi connectivity index (χ2n) is 3.37. The van der Waals surface area contributed by atoms with Gasteiger partial charge in [0, 0.05) is 0 Å². The molecule has 0 heterocycles. The van der Waals surface area contributed by atoms with Gasteiger partial charge in [-0.2, -0.15) is 0 Å². The van der Waals surface area contributed by atoms with E-state index in [9.17, 15) is 14.3 Å². The maximum absolute atomic E-state index is 11.8. The normalized spacial score (nSPS) is 10.9. The predicted octanol–water partition coefficient (Wildman–Crippen LogP) is 2.72. The third kappa shape index (κ3) is 2.65.